The van der Waals surface area contributed by atoms with Crippen molar-refractivity contribution < 1.29 is 18.8 Å². The number of nitrogens with one attached hydrogen (secondary N) is 2. The van der Waals surface area contributed by atoms with Crippen molar-refractivity contribution >= 4 is 23.3 Å². The molecule has 3 rings (SSSR count). The molecule has 1 heterocycles. The van der Waals surface area contributed by atoms with Gasteiger partial charge in [-0.15, -0.1) is 0 Å². The lowest BCUT2D eigenvalue weighted by molar-refractivity contribution is 0.0947. The molecule has 0 saturated heterocycles. The number of carbonyl (C=O) groups excluding carboxylic acids is 3. The van der Waals surface area contributed by atoms with E-state index in [1.54, 1.807) is 54.6 Å². The van der Waals surface area contributed by atoms with E-state index in [-0.39, 0.29) is 24.1 Å². The lowest BCUT2D eigenvalue weighted by Crippen LogP contribution is -2.23. The molecule has 136 valence electrons. The maximum absolute atomic E-state index is 12.4. The maximum Gasteiger partial charge on any atom is 0.255 e. The highest BCUT2D eigenvalue weighted by molar-refractivity contribution is 6.06. The topological polar surface area (TPSA) is 88.4 Å². The molecular weight excluding hydrogens is 344 g/mol. The van der Waals surface area contributed by atoms with Gasteiger partial charge in [-0.1, -0.05) is 6.07 Å². The number of hydrogen-bond acceptors (Lipinski definition) is 4. The van der Waals surface area contributed by atoms with Gasteiger partial charge < -0.3 is 15.1 Å². The number of benzene rings is 2. The molecular formula is C21H18N2O4. The number of anilines is 1. The average Bonchev–Trinajstić information content (AvgIpc) is 3.20. The third-order valence-electron chi connectivity index (χ3n) is 3.94. The zero-order valence-corrected chi connectivity index (χ0v) is 14.7. The Kier molecular flexibility index (Phi) is 5.47. The molecule has 0 aliphatic heterocycles. The molecule has 6 nitrogen and oxygen atoms in total. The number of ketones is 1. The zero-order chi connectivity index (χ0) is 19.2. The summed E-state index contributed by atoms with van der Waals surface area (Å²) in [6, 6.07) is 16.6. The Morgan fingerprint density at radius 3 is 2.19 bits per heavy atom. The fourth-order valence-corrected chi connectivity index (χ4v) is 2.48. The monoisotopic (exact) mass is 362 g/mol. The van der Waals surface area contributed by atoms with Crippen molar-refractivity contribution in [2.24, 2.45) is 0 Å². The van der Waals surface area contributed by atoms with E-state index < -0.39 is 0 Å². The highest BCUT2D eigenvalue weighted by Crippen LogP contribution is 2.13. The molecule has 2 N–H and O–H groups in total. The Labute approximate surface area is 156 Å². The Bertz CT molecular complexity index is 960. The van der Waals surface area contributed by atoms with Crippen LogP contribution in [0.5, 0.6) is 0 Å². The average molecular weight is 362 g/mol. The summed E-state index contributed by atoms with van der Waals surface area (Å²) in [5.41, 5.74) is 1.87. The summed E-state index contributed by atoms with van der Waals surface area (Å²) in [5, 5.41) is 5.49. The predicted octanol–water partition coefficient (Wildman–Crippen LogP) is 3.66. The molecule has 6 heteroatoms. The van der Waals surface area contributed by atoms with E-state index in [1.165, 1.54) is 19.3 Å². The zero-order valence-electron chi connectivity index (χ0n) is 14.7. The Morgan fingerprint density at radius 1 is 0.852 bits per heavy atom. The van der Waals surface area contributed by atoms with Crippen LogP contribution in [0.4, 0.5) is 5.69 Å². The molecule has 2 amide bonds. The van der Waals surface area contributed by atoms with Crippen LogP contribution in [0.15, 0.2) is 71.3 Å². The van der Waals surface area contributed by atoms with Gasteiger partial charge in [-0.3, -0.25) is 14.4 Å². The molecule has 2 aromatic carbocycles. The van der Waals surface area contributed by atoms with Crippen molar-refractivity contribution in [3.05, 3.63) is 89.4 Å². The SMILES string of the molecule is CC(=O)c1ccc(NC(=O)c2cccc(C(=O)NCc3ccco3)c2)cc1. The molecule has 0 radical (unpaired) electrons. The first kappa shape index (κ1) is 18.1. The van der Waals surface area contributed by atoms with Gasteiger partial charge in [0.1, 0.15) is 5.76 Å². The van der Waals surface area contributed by atoms with Crippen LogP contribution in [-0.2, 0) is 6.54 Å². The lowest BCUT2D eigenvalue weighted by Gasteiger charge is -2.08. The molecule has 1 aromatic heterocycles. The Morgan fingerprint density at radius 2 is 1.56 bits per heavy atom. The van der Waals surface area contributed by atoms with Gasteiger partial charge in [0.2, 0.25) is 0 Å². The smallest absolute Gasteiger partial charge is 0.255 e. The van der Waals surface area contributed by atoms with E-state index in [1.807, 2.05) is 0 Å². The minimum absolute atomic E-state index is 0.0406. The molecule has 0 spiro atoms. The van der Waals surface area contributed by atoms with E-state index >= 15 is 0 Å². The highest BCUT2D eigenvalue weighted by atomic mass is 16.3. The van der Waals surface area contributed by atoms with Crippen LogP contribution < -0.4 is 10.6 Å². The predicted molar refractivity (Wildman–Crippen MR) is 101 cm³/mol. The minimum Gasteiger partial charge on any atom is -0.467 e. The van der Waals surface area contributed by atoms with Crippen LogP contribution in [0.25, 0.3) is 0 Å². The molecule has 27 heavy (non-hydrogen) atoms. The van der Waals surface area contributed by atoms with Gasteiger partial charge in [0, 0.05) is 22.4 Å². The fourth-order valence-electron chi connectivity index (χ4n) is 2.48. The number of furan rings is 1. The molecule has 0 unspecified atom stereocenters. The molecule has 0 fully saturated rings. The molecule has 0 aliphatic carbocycles. The van der Waals surface area contributed by atoms with Crippen LogP contribution in [0.1, 0.15) is 43.8 Å². The number of rotatable bonds is 6. The van der Waals surface area contributed by atoms with Crippen molar-refractivity contribution in [1.29, 1.82) is 0 Å². The van der Waals surface area contributed by atoms with Crippen molar-refractivity contribution in [3.63, 3.8) is 0 Å². The first-order valence-electron chi connectivity index (χ1n) is 8.36. The molecule has 0 bridgehead atoms. The van der Waals surface area contributed by atoms with Crippen molar-refractivity contribution in [2.45, 2.75) is 13.5 Å². The summed E-state index contributed by atoms with van der Waals surface area (Å²) in [6.45, 7) is 1.75. The normalized spacial score (nSPS) is 10.3. The third kappa shape index (κ3) is 4.70. The summed E-state index contributed by atoms with van der Waals surface area (Å²) in [6.07, 6.45) is 1.54. The van der Waals surface area contributed by atoms with Gasteiger partial charge in [-0.25, -0.2) is 0 Å². The first-order chi connectivity index (χ1) is 13.0. The summed E-state index contributed by atoms with van der Waals surface area (Å²) in [7, 11) is 0. The van der Waals surface area contributed by atoms with Crippen LogP contribution in [0, 0.1) is 0 Å². The largest absolute Gasteiger partial charge is 0.467 e. The van der Waals surface area contributed by atoms with E-state index in [9.17, 15) is 14.4 Å². The molecule has 0 atom stereocenters. The summed E-state index contributed by atoms with van der Waals surface area (Å²) >= 11 is 0. The maximum atomic E-state index is 12.4. The second-order valence-electron chi connectivity index (χ2n) is 5.93. The number of amides is 2. The second-order valence-corrected chi connectivity index (χ2v) is 5.93. The Hall–Kier alpha value is -3.67. The standard InChI is InChI=1S/C21H18N2O4/c1-14(24)15-7-9-18(10-8-15)23-21(26)17-5-2-4-16(12-17)20(25)22-13-19-6-3-11-27-19/h2-12H,13H2,1H3,(H,22,25)(H,23,26). The van der Waals surface area contributed by atoms with Crippen LogP contribution in [0.3, 0.4) is 0 Å². The van der Waals surface area contributed by atoms with Gasteiger partial charge in [0.25, 0.3) is 11.8 Å². The number of hydrogen-bond donors (Lipinski definition) is 2. The van der Waals surface area contributed by atoms with Crippen LogP contribution in [0.2, 0.25) is 0 Å². The van der Waals surface area contributed by atoms with Crippen LogP contribution in [-0.4, -0.2) is 17.6 Å². The fraction of sp³-hybridized carbons (Fsp3) is 0.0952. The quantitative estimate of drug-likeness (QED) is 0.655. The van der Waals surface area contributed by atoms with E-state index in [4.69, 9.17) is 4.42 Å². The Balaban J connectivity index is 1.65. The van der Waals surface area contributed by atoms with Crippen LogP contribution >= 0.6 is 0 Å². The van der Waals surface area contributed by atoms with Gasteiger partial charge in [-0.05, 0) is 61.5 Å². The number of carbonyl (C=O) groups is 3. The van der Waals surface area contributed by atoms with E-state index in [0.29, 0.717) is 28.1 Å². The minimum atomic E-state index is -0.341. The lowest BCUT2D eigenvalue weighted by atomic mass is 10.1. The van der Waals surface area contributed by atoms with E-state index in [0.717, 1.165) is 0 Å². The molecule has 0 aliphatic rings. The third-order valence-corrected chi connectivity index (χ3v) is 3.94. The number of Topliss-reactive ketones (excluding diaryl/α,β-unsaturated/α-hetero) is 1. The molecule has 0 saturated carbocycles. The second kappa shape index (κ2) is 8.14. The van der Waals surface area contributed by atoms with Gasteiger partial charge in [-0.2, -0.15) is 0 Å². The van der Waals surface area contributed by atoms with E-state index in [2.05, 4.69) is 10.6 Å². The van der Waals surface area contributed by atoms with Crippen molar-refractivity contribution in [1.82, 2.24) is 5.32 Å². The summed E-state index contributed by atoms with van der Waals surface area (Å²) < 4.78 is 5.17. The summed E-state index contributed by atoms with van der Waals surface area (Å²) in [5.74, 6) is -0.0366. The summed E-state index contributed by atoms with van der Waals surface area (Å²) in [4.78, 5) is 36.0. The van der Waals surface area contributed by atoms with Crippen molar-refractivity contribution in [2.75, 3.05) is 5.32 Å². The highest BCUT2D eigenvalue weighted by Gasteiger charge is 2.11. The van der Waals surface area contributed by atoms with Crippen molar-refractivity contribution in [3.8, 4) is 0 Å². The van der Waals surface area contributed by atoms with Gasteiger partial charge in [0.05, 0.1) is 12.8 Å². The van der Waals surface area contributed by atoms with Gasteiger partial charge in [0.15, 0.2) is 5.78 Å². The first-order valence-corrected chi connectivity index (χ1v) is 8.36. The van der Waals surface area contributed by atoms with Gasteiger partial charge >= 0.3 is 0 Å². The molecule has 3 aromatic rings.